The Labute approximate surface area is 180 Å². The molecule has 0 aliphatic heterocycles. The quantitative estimate of drug-likeness (QED) is 0.303. The summed E-state index contributed by atoms with van der Waals surface area (Å²) in [5, 5.41) is 14.1. The van der Waals surface area contributed by atoms with Crippen LogP contribution in [0.3, 0.4) is 0 Å². The number of para-hydroxylation sites is 1. The van der Waals surface area contributed by atoms with Crippen molar-refractivity contribution in [2.24, 2.45) is 0 Å². The minimum absolute atomic E-state index is 0.0154. The molecule has 170 valence electrons. The molecule has 10 heteroatoms. The number of carbonyl (C=O) groups is 1. The van der Waals surface area contributed by atoms with Gasteiger partial charge in [0.25, 0.3) is 5.91 Å². The number of anilines is 2. The first kappa shape index (κ1) is 24.8. The second-order valence-electron chi connectivity index (χ2n) is 7.26. The highest BCUT2D eigenvalue weighted by Gasteiger charge is 2.36. The molecule has 2 aromatic rings. The van der Waals surface area contributed by atoms with Crippen molar-refractivity contribution in [1.29, 1.82) is 5.26 Å². The van der Waals surface area contributed by atoms with Gasteiger partial charge in [0.1, 0.15) is 11.6 Å². The summed E-state index contributed by atoms with van der Waals surface area (Å²) in [6, 6.07) is 7.83. The molecule has 2 N–H and O–H groups in total. The molecule has 0 aliphatic rings. The molecule has 0 unspecified atom stereocenters. The van der Waals surface area contributed by atoms with Crippen molar-refractivity contribution in [3.05, 3.63) is 70.4 Å². The van der Waals surface area contributed by atoms with Gasteiger partial charge in [-0.15, -0.1) is 0 Å². The highest BCUT2D eigenvalue weighted by molar-refractivity contribution is 6.07. The summed E-state index contributed by atoms with van der Waals surface area (Å²) in [5.41, 5.74) is -2.15. The molecule has 32 heavy (non-hydrogen) atoms. The third-order valence-corrected chi connectivity index (χ3v) is 4.50. The summed E-state index contributed by atoms with van der Waals surface area (Å²) in [5.74, 6) is -0.817. The average molecular weight is 455 g/mol. The van der Waals surface area contributed by atoms with Gasteiger partial charge in [0.15, 0.2) is 0 Å². The first-order valence-corrected chi connectivity index (χ1v) is 9.31. The van der Waals surface area contributed by atoms with E-state index in [4.69, 9.17) is 0 Å². The van der Waals surface area contributed by atoms with Gasteiger partial charge in [0, 0.05) is 17.6 Å². The molecular formula is C22H19F6N3O. The fourth-order valence-corrected chi connectivity index (χ4v) is 2.87. The Morgan fingerprint density at radius 3 is 2.06 bits per heavy atom. The van der Waals surface area contributed by atoms with Crippen LogP contribution in [0.5, 0.6) is 0 Å². The SMILES string of the molecule is Cc1cccc(C(C)C)c1NC(=O)/C(C#N)=C\Nc1cc(C(F)(F)F)cc(C(F)(F)F)c1. The zero-order valence-corrected chi connectivity index (χ0v) is 17.2. The lowest BCUT2D eigenvalue weighted by molar-refractivity contribution is -0.143. The number of amides is 1. The van der Waals surface area contributed by atoms with E-state index in [-0.39, 0.29) is 12.0 Å². The molecule has 0 fully saturated rings. The summed E-state index contributed by atoms with van der Waals surface area (Å²) >= 11 is 0. The van der Waals surface area contributed by atoms with Crippen molar-refractivity contribution < 1.29 is 31.1 Å². The smallest absolute Gasteiger partial charge is 0.360 e. The standard InChI is InChI=1S/C22H19F6N3O/c1-12(2)18-6-4-5-13(3)19(18)31-20(32)14(10-29)11-30-17-8-15(21(23,24)25)7-16(9-17)22(26,27)28/h4-9,11-12,30H,1-3H3,(H,31,32)/b14-11-. The van der Waals surface area contributed by atoms with Crippen molar-refractivity contribution in [2.75, 3.05) is 10.6 Å². The Morgan fingerprint density at radius 1 is 1.03 bits per heavy atom. The highest BCUT2D eigenvalue weighted by atomic mass is 19.4. The van der Waals surface area contributed by atoms with Crippen LogP contribution in [0.2, 0.25) is 0 Å². The average Bonchev–Trinajstić information content (AvgIpc) is 2.68. The van der Waals surface area contributed by atoms with E-state index in [0.717, 1.165) is 17.3 Å². The molecule has 0 spiro atoms. The maximum absolute atomic E-state index is 13.0. The zero-order valence-electron chi connectivity index (χ0n) is 17.2. The predicted octanol–water partition coefficient (Wildman–Crippen LogP) is 6.61. The van der Waals surface area contributed by atoms with E-state index < -0.39 is 40.6 Å². The second-order valence-corrected chi connectivity index (χ2v) is 7.26. The monoisotopic (exact) mass is 455 g/mol. The Balaban J connectivity index is 2.36. The molecule has 0 atom stereocenters. The summed E-state index contributed by atoms with van der Waals surface area (Å²) in [4.78, 5) is 12.5. The van der Waals surface area contributed by atoms with Gasteiger partial charge in [-0.3, -0.25) is 4.79 Å². The Kier molecular flexibility index (Phi) is 7.24. The van der Waals surface area contributed by atoms with Gasteiger partial charge in [-0.2, -0.15) is 31.6 Å². The van der Waals surface area contributed by atoms with Crippen LogP contribution in [-0.2, 0) is 17.1 Å². The van der Waals surface area contributed by atoms with Gasteiger partial charge in [0.05, 0.1) is 11.1 Å². The van der Waals surface area contributed by atoms with Crippen LogP contribution in [0.15, 0.2) is 48.2 Å². The minimum Gasteiger partial charge on any atom is -0.360 e. The van der Waals surface area contributed by atoms with Crippen LogP contribution in [-0.4, -0.2) is 5.91 Å². The predicted molar refractivity (Wildman–Crippen MR) is 108 cm³/mol. The summed E-state index contributed by atoms with van der Waals surface area (Å²) < 4.78 is 77.9. The summed E-state index contributed by atoms with van der Waals surface area (Å²) in [6.07, 6.45) is -9.28. The van der Waals surface area contributed by atoms with E-state index in [0.29, 0.717) is 17.8 Å². The molecule has 0 heterocycles. The number of nitrogens with zero attached hydrogens (tertiary/aromatic N) is 1. The van der Waals surface area contributed by atoms with Crippen molar-refractivity contribution in [3.8, 4) is 6.07 Å². The van der Waals surface area contributed by atoms with E-state index in [2.05, 4.69) is 10.6 Å². The van der Waals surface area contributed by atoms with Crippen LogP contribution < -0.4 is 10.6 Å². The Morgan fingerprint density at radius 2 is 1.59 bits per heavy atom. The maximum Gasteiger partial charge on any atom is 0.416 e. The van der Waals surface area contributed by atoms with Crippen molar-refractivity contribution in [2.45, 2.75) is 39.0 Å². The number of nitriles is 1. The number of alkyl halides is 6. The van der Waals surface area contributed by atoms with Gasteiger partial charge >= 0.3 is 12.4 Å². The molecule has 0 aliphatic carbocycles. The molecule has 0 radical (unpaired) electrons. The molecule has 2 aromatic carbocycles. The van der Waals surface area contributed by atoms with E-state index in [1.54, 1.807) is 31.2 Å². The second kappa shape index (κ2) is 9.34. The van der Waals surface area contributed by atoms with Crippen LogP contribution in [0.25, 0.3) is 0 Å². The fourth-order valence-electron chi connectivity index (χ4n) is 2.87. The molecule has 0 aromatic heterocycles. The molecule has 4 nitrogen and oxygen atoms in total. The fraction of sp³-hybridized carbons (Fsp3) is 0.273. The maximum atomic E-state index is 13.0. The summed E-state index contributed by atoms with van der Waals surface area (Å²) in [6.45, 7) is 5.55. The lowest BCUT2D eigenvalue weighted by Crippen LogP contribution is -2.17. The number of halogens is 6. The molecule has 2 rings (SSSR count). The Hall–Kier alpha value is -3.48. The number of rotatable bonds is 5. The van der Waals surface area contributed by atoms with Crippen molar-refractivity contribution >= 4 is 17.3 Å². The van der Waals surface area contributed by atoms with Gasteiger partial charge in [0.2, 0.25) is 0 Å². The number of nitrogens with one attached hydrogen (secondary N) is 2. The number of hydrogen-bond donors (Lipinski definition) is 2. The first-order valence-electron chi connectivity index (χ1n) is 9.31. The van der Waals surface area contributed by atoms with E-state index in [9.17, 15) is 36.4 Å². The van der Waals surface area contributed by atoms with Crippen LogP contribution in [0.4, 0.5) is 37.7 Å². The largest absolute Gasteiger partial charge is 0.416 e. The number of carbonyl (C=O) groups excluding carboxylic acids is 1. The molecule has 1 amide bonds. The third-order valence-electron chi connectivity index (χ3n) is 4.50. The molecule has 0 bridgehead atoms. The molecule has 0 saturated carbocycles. The van der Waals surface area contributed by atoms with E-state index in [1.807, 2.05) is 13.8 Å². The number of benzene rings is 2. The van der Waals surface area contributed by atoms with E-state index in [1.165, 1.54) is 0 Å². The van der Waals surface area contributed by atoms with Crippen LogP contribution in [0, 0.1) is 18.3 Å². The lowest BCUT2D eigenvalue weighted by Gasteiger charge is -2.16. The molecule has 0 saturated heterocycles. The molecular weight excluding hydrogens is 436 g/mol. The number of hydrogen-bond acceptors (Lipinski definition) is 3. The van der Waals surface area contributed by atoms with Gasteiger partial charge < -0.3 is 10.6 Å². The summed E-state index contributed by atoms with van der Waals surface area (Å²) in [7, 11) is 0. The topological polar surface area (TPSA) is 64.9 Å². The minimum atomic E-state index is -5.02. The highest BCUT2D eigenvalue weighted by Crippen LogP contribution is 2.37. The van der Waals surface area contributed by atoms with Crippen LogP contribution >= 0.6 is 0 Å². The zero-order chi connectivity index (χ0) is 24.3. The van der Waals surface area contributed by atoms with Gasteiger partial charge in [-0.05, 0) is 42.2 Å². The first-order chi connectivity index (χ1) is 14.7. The van der Waals surface area contributed by atoms with Gasteiger partial charge in [-0.1, -0.05) is 32.0 Å². The Bertz CT molecular complexity index is 1050. The third kappa shape index (κ3) is 6.03. The van der Waals surface area contributed by atoms with E-state index >= 15 is 0 Å². The number of aryl methyl sites for hydroxylation is 1. The van der Waals surface area contributed by atoms with Crippen LogP contribution in [0.1, 0.15) is 42.0 Å². The lowest BCUT2D eigenvalue weighted by atomic mass is 9.98. The normalized spacial score (nSPS) is 12.5. The van der Waals surface area contributed by atoms with Crippen molar-refractivity contribution in [1.82, 2.24) is 0 Å². The van der Waals surface area contributed by atoms with Gasteiger partial charge in [-0.25, -0.2) is 0 Å². The van der Waals surface area contributed by atoms with Crippen molar-refractivity contribution in [3.63, 3.8) is 0 Å².